The lowest BCUT2D eigenvalue weighted by molar-refractivity contribution is -0.211. The molecule has 2 fully saturated rings. The Bertz CT molecular complexity index is 1440. The van der Waals surface area contributed by atoms with Gasteiger partial charge in [-0.1, -0.05) is 34.0 Å². The van der Waals surface area contributed by atoms with Crippen molar-refractivity contribution in [3.63, 3.8) is 0 Å². The van der Waals surface area contributed by atoms with E-state index in [1.165, 1.54) is 30.3 Å². The third-order valence-corrected chi connectivity index (χ3v) is 8.32. The second kappa shape index (κ2) is 13.0. The van der Waals surface area contributed by atoms with Crippen LogP contribution in [0.2, 0.25) is 0 Å². The molecule has 1 aromatic heterocycles. The molecule has 15 heteroatoms. The Morgan fingerprint density at radius 2 is 1.81 bits per heavy atom. The zero-order valence-corrected chi connectivity index (χ0v) is 24.4. The van der Waals surface area contributed by atoms with E-state index < -0.39 is 78.4 Å². The summed E-state index contributed by atoms with van der Waals surface area (Å²) >= 11 is 3.25. The molecule has 2 heterocycles. The molecule has 1 saturated heterocycles. The van der Waals surface area contributed by atoms with E-state index in [-0.39, 0.29) is 16.9 Å². The lowest BCUT2D eigenvalue weighted by Gasteiger charge is -2.46. The van der Waals surface area contributed by atoms with Gasteiger partial charge in [0.2, 0.25) is 0 Å². The Kier molecular flexibility index (Phi) is 9.49. The number of carbonyl (C=O) groups is 1. The van der Waals surface area contributed by atoms with Gasteiger partial charge in [-0.2, -0.15) is 0 Å². The van der Waals surface area contributed by atoms with E-state index in [4.69, 9.17) is 9.47 Å². The molecule has 3 N–H and O–H groups in total. The molecule has 43 heavy (non-hydrogen) atoms. The number of benzene rings is 2. The molecule has 5 unspecified atom stereocenters. The highest BCUT2D eigenvalue weighted by molar-refractivity contribution is 9.10. The standard InChI is InChI=1S/C28H29BrF4N4O6/c1-42-26-24(36-11-19(34-35-36)13-6-17(31)23(33)18(32)7-13)25(40)22(12-38)43-27(26)28(41)37(20-4-2-3-5-21(20)39)16-9-14(29)8-15(30)10-16/h6-11,20-22,24-27,38-40H,2-5,12H2,1H3/t20-,21-,22?,24?,25?,26?,27?/m0/s1. The third kappa shape index (κ3) is 6.19. The van der Waals surface area contributed by atoms with Crippen LogP contribution in [-0.2, 0) is 14.3 Å². The summed E-state index contributed by atoms with van der Waals surface area (Å²) < 4.78 is 68.8. The Morgan fingerprint density at radius 1 is 1.12 bits per heavy atom. The van der Waals surface area contributed by atoms with Crippen molar-refractivity contribution in [2.45, 2.75) is 68.3 Å². The first-order valence-corrected chi connectivity index (χ1v) is 14.3. The van der Waals surface area contributed by atoms with Gasteiger partial charge in [0.05, 0.1) is 24.9 Å². The fourth-order valence-electron chi connectivity index (χ4n) is 5.81. The van der Waals surface area contributed by atoms with Gasteiger partial charge in [0.15, 0.2) is 23.6 Å². The molecule has 2 aromatic carbocycles. The van der Waals surface area contributed by atoms with E-state index >= 15 is 0 Å². The molecular formula is C28H29BrF4N4O6. The van der Waals surface area contributed by atoms with Crippen LogP contribution in [0, 0.1) is 23.3 Å². The summed E-state index contributed by atoms with van der Waals surface area (Å²) in [4.78, 5) is 15.6. The average Bonchev–Trinajstić information content (AvgIpc) is 3.45. The molecule has 232 valence electrons. The minimum absolute atomic E-state index is 0.0775. The van der Waals surface area contributed by atoms with E-state index in [0.717, 1.165) is 29.3 Å². The number of hydrogen-bond acceptors (Lipinski definition) is 8. The van der Waals surface area contributed by atoms with E-state index in [1.54, 1.807) is 0 Å². The molecule has 0 spiro atoms. The number of anilines is 1. The topological polar surface area (TPSA) is 130 Å². The van der Waals surface area contributed by atoms with Crippen molar-refractivity contribution in [2.24, 2.45) is 0 Å². The van der Waals surface area contributed by atoms with Gasteiger partial charge in [-0.25, -0.2) is 22.2 Å². The molecule has 2 aliphatic rings. The van der Waals surface area contributed by atoms with Crippen LogP contribution < -0.4 is 4.90 Å². The van der Waals surface area contributed by atoms with Gasteiger partial charge in [-0.15, -0.1) is 5.10 Å². The van der Waals surface area contributed by atoms with Crippen LogP contribution in [0.1, 0.15) is 31.7 Å². The number of amides is 1. The Hall–Kier alpha value is -2.95. The molecule has 10 nitrogen and oxygen atoms in total. The first-order valence-electron chi connectivity index (χ1n) is 13.5. The number of rotatable bonds is 7. The molecule has 5 rings (SSSR count). The number of aliphatic hydroxyl groups is 3. The maximum Gasteiger partial charge on any atom is 0.259 e. The first kappa shape index (κ1) is 31.5. The van der Waals surface area contributed by atoms with E-state index in [9.17, 15) is 37.7 Å². The van der Waals surface area contributed by atoms with Crippen molar-refractivity contribution < 1.29 is 47.1 Å². The van der Waals surface area contributed by atoms with Crippen molar-refractivity contribution in [3.05, 3.63) is 64.3 Å². The van der Waals surface area contributed by atoms with Crippen LogP contribution in [0.4, 0.5) is 23.2 Å². The Balaban J connectivity index is 1.55. The second-order valence-corrected chi connectivity index (χ2v) is 11.5. The van der Waals surface area contributed by atoms with Gasteiger partial charge in [0, 0.05) is 22.8 Å². The van der Waals surface area contributed by atoms with E-state index in [2.05, 4.69) is 26.2 Å². The van der Waals surface area contributed by atoms with E-state index in [1.807, 2.05) is 0 Å². The number of aliphatic hydroxyl groups excluding tert-OH is 3. The fourth-order valence-corrected chi connectivity index (χ4v) is 6.26. The Labute approximate surface area is 251 Å². The largest absolute Gasteiger partial charge is 0.394 e. The molecule has 7 atom stereocenters. The van der Waals surface area contributed by atoms with Gasteiger partial charge in [-0.05, 0) is 43.2 Å². The van der Waals surface area contributed by atoms with Crippen LogP contribution in [0.15, 0.2) is 41.0 Å². The predicted molar refractivity (Wildman–Crippen MR) is 147 cm³/mol. The monoisotopic (exact) mass is 672 g/mol. The normalized spacial score (nSPS) is 27.7. The summed E-state index contributed by atoms with van der Waals surface area (Å²) in [6.45, 7) is -0.717. The van der Waals surface area contributed by atoms with Gasteiger partial charge in [0.1, 0.15) is 35.9 Å². The second-order valence-electron chi connectivity index (χ2n) is 10.6. The highest BCUT2D eigenvalue weighted by atomic mass is 79.9. The van der Waals surface area contributed by atoms with Crippen molar-refractivity contribution in [3.8, 4) is 11.3 Å². The van der Waals surface area contributed by atoms with Crippen LogP contribution in [-0.4, -0.2) is 86.5 Å². The van der Waals surface area contributed by atoms with Crippen LogP contribution >= 0.6 is 15.9 Å². The van der Waals surface area contributed by atoms with Crippen molar-refractivity contribution >= 4 is 27.5 Å². The van der Waals surface area contributed by atoms with Crippen LogP contribution in [0.25, 0.3) is 11.3 Å². The lowest BCUT2D eigenvalue weighted by atomic mass is 9.88. The van der Waals surface area contributed by atoms with E-state index in [0.29, 0.717) is 23.7 Å². The molecule has 0 radical (unpaired) electrons. The van der Waals surface area contributed by atoms with Gasteiger partial charge >= 0.3 is 0 Å². The maximum atomic E-state index is 14.5. The maximum absolute atomic E-state index is 14.5. The van der Waals surface area contributed by atoms with Crippen molar-refractivity contribution in [1.82, 2.24) is 15.0 Å². The smallest absolute Gasteiger partial charge is 0.259 e. The molecule has 1 saturated carbocycles. The zero-order chi connectivity index (χ0) is 31.0. The van der Waals surface area contributed by atoms with Gasteiger partial charge < -0.3 is 29.7 Å². The Morgan fingerprint density at radius 3 is 2.44 bits per heavy atom. The highest BCUT2D eigenvalue weighted by Gasteiger charge is 2.52. The molecular weight excluding hydrogens is 644 g/mol. The molecule has 1 aliphatic heterocycles. The van der Waals surface area contributed by atoms with Gasteiger partial charge in [-0.3, -0.25) is 4.79 Å². The summed E-state index contributed by atoms with van der Waals surface area (Å²) in [6, 6.07) is 3.38. The van der Waals surface area contributed by atoms with Gasteiger partial charge in [0.25, 0.3) is 5.91 Å². The average molecular weight is 673 g/mol. The molecule has 1 aliphatic carbocycles. The summed E-state index contributed by atoms with van der Waals surface area (Å²) in [6.07, 6.45) is -3.04. The van der Waals surface area contributed by atoms with Crippen LogP contribution in [0.3, 0.4) is 0 Å². The number of hydrogen-bond donors (Lipinski definition) is 3. The highest BCUT2D eigenvalue weighted by Crippen LogP contribution is 2.37. The number of nitrogens with zero attached hydrogens (tertiary/aromatic N) is 4. The van der Waals surface area contributed by atoms with Crippen molar-refractivity contribution in [2.75, 3.05) is 18.6 Å². The molecule has 1 amide bonds. The number of aromatic nitrogens is 3. The quantitative estimate of drug-likeness (QED) is 0.258. The lowest BCUT2D eigenvalue weighted by Crippen LogP contribution is -2.63. The number of carbonyl (C=O) groups excluding carboxylic acids is 1. The number of halogens is 5. The summed E-state index contributed by atoms with van der Waals surface area (Å²) in [5.41, 5.74) is -0.0714. The number of ether oxygens (including phenoxy) is 2. The first-order chi connectivity index (χ1) is 20.5. The zero-order valence-electron chi connectivity index (χ0n) is 22.8. The van der Waals surface area contributed by atoms with Crippen molar-refractivity contribution in [1.29, 1.82) is 0 Å². The fraction of sp³-hybridized carbons (Fsp3) is 0.464. The minimum Gasteiger partial charge on any atom is -0.394 e. The summed E-state index contributed by atoms with van der Waals surface area (Å²) in [5, 5.41) is 40.0. The molecule has 3 aromatic rings. The third-order valence-electron chi connectivity index (χ3n) is 7.87. The summed E-state index contributed by atoms with van der Waals surface area (Å²) in [5.74, 6) is -5.89. The minimum atomic E-state index is -1.65. The number of methoxy groups -OCH3 is 1. The SMILES string of the molecule is COC1C(C(=O)N(c2cc(F)cc(Br)c2)[C@H]2CCCC[C@@H]2O)OC(CO)C(O)C1n1cc(-c2cc(F)c(F)c(F)c2)nn1. The molecule has 0 bridgehead atoms. The van der Waals surface area contributed by atoms with Crippen LogP contribution in [0.5, 0.6) is 0 Å². The summed E-state index contributed by atoms with van der Waals surface area (Å²) in [7, 11) is 1.26. The predicted octanol–water partition coefficient (Wildman–Crippen LogP) is 3.28.